The highest BCUT2D eigenvalue weighted by atomic mass is 16.5. The predicted molar refractivity (Wildman–Crippen MR) is 62.2 cm³/mol. The van der Waals surface area contributed by atoms with Crippen molar-refractivity contribution < 1.29 is 4.74 Å². The summed E-state index contributed by atoms with van der Waals surface area (Å²) in [5, 5.41) is 0. The van der Waals surface area contributed by atoms with Gasteiger partial charge in [0.15, 0.2) is 0 Å². The molecule has 0 aromatic heterocycles. The Morgan fingerprint density at radius 1 is 1.27 bits per heavy atom. The van der Waals surface area contributed by atoms with E-state index in [1.165, 1.54) is 0 Å². The molecule has 1 aliphatic rings. The van der Waals surface area contributed by atoms with Crippen LogP contribution in [0.2, 0.25) is 0 Å². The van der Waals surface area contributed by atoms with E-state index in [2.05, 4.69) is 13.2 Å². The molecule has 1 unspecified atom stereocenters. The first-order valence-electron chi connectivity index (χ1n) is 4.93. The molecular weight excluding hydrogens is 186 g/mol. The van der Waals surface area contributed by atoms with Gasteiger partial charge in [-0.15, -0.1) is 0 Å². The van der Waals surface area contributed by atoms with Crippen LogP contribution in [0.25, 0.3) is 0 Å². The first kappa shape index (κ1) is 9.84. The molecule has 1 aromatic rings. The van der Waals surface area contributed by atoms with Crippen LogP contribution in [-0.4, -0.2) is 0 Å². The van der Waals surface area contributed by atoms with Gasteiger partial charge in [-0.25, -0.2) is 0 Å². The number of rotatable bonds is 1. The number of ether oxygens (including phenoxy) is 1. The number of hydrogen-bond donors (Lipinski definition) is 1. The number of nitrogens with two attached hydrogens (primary N) is 1. The summed E-state index contributed by atoms with van der Waals surface area (Å²) < 4.78 is 5.75. The van der Waals surface area contributed by atoms with Gasteiger partial charge in [-0.1, -0.05) is 25.3 Å². The van der Waals surface area contributed by atoms with Crippen molar-refractivity contribution in [2.45, 2.75) is 18.9 Å². The topological polar surface area (TPSA) is 35.2 Å². The van der Waals surface area contributed by atoms with Crippen molar-refractivity contribution in [2.75, 3.05) is 5.73 Å². The number of allylic oxidation sites excluding steroid dienone is 1. The smallest absolute Gasteiger partial charge is 0.135 e. The molecule has 0 spiro atoms. The van der Waals surface area contributed by atoms with Crippen molar-refractivity contribution >= 4 is 5.69 Å². The standard InChI is InChI=1S/C13H15NO/c1-9-8-13(3,15-10(9)2)11-4-6-12(14)7-5-11/h4-7H,1-2,8,14H2,3H3. The van der Waals surface area contributed by atoms with E-state index in [0.717, 1.165) is 23.2 Å². The lowest BCUT2D eigenvalue weighted by molar-refractivity contribution is 0.0560. The maximum absolute atomic E-state index is 5.75. The molecule has 0 bridgehead atoms. The highest BCUT2D eigenvalue weighted by Crippen LogP contribution is 2.42. The third kappa shape index (κ3) is 1.63. The van der Waals surface area contributed by atoms with Crippen LogP contribution in [0.3, 0.4) is 0 Å². The van der Waals surface area contributed by atoms with E-state index in [0.29, 0.717) is 5.76 Å². The Balaban J connectivity index is 2.35. The first-order valence-corrected chi connectivity index (χ1v) is 4.93. The second-order valence-electron chi connectivity index (χ2n) is 4.16. The van der Waals surface area contributed by atoms with Crippen LogP contribution in [0, 0.1) is 0 Å². The Morgan fingerprint density at radius 3 is 2.33 bits per heavy atom. The van der Waals surface area contributed by atoms with Crippen molar-refractivity contribution in [3.8, 4) is 0 Å². The van der Waals surface area contributed by atoms with Gasteiger partial charge in [0.1, 0.15) is 11.4 Å². The Kier molecular flexibility index (Phi) is 2.07. The normalized spacial score (nSPS) is 25.4. The van der Waals surface area contributed by atoms with E-state index < -0.39 is 0 Å². The molecule has 0 amide bonds. The molecule has 1 aromatic carbocycles. The molecule has 1 atom stereocenters. The zero-order valence-corrected chi connectivity index (χ0v) is 8.92. The molecule has 1 fully saturated rings. The summed E-state index contributed by atoms with van der Waals surface area (Å²) in [6.45, 7) is 9.80. The van der Waals surface area contributed by atoms with E-state index >= 15 is 0 Å². The molecular formula is C13H15NO. The van der Waals surface area contributed by atoms with E-state index in [4.69, 9.17) is 10.5 Å². The van der Waals surface area contributed by atoms with E-state index in [9.17, 15) is 0 Å². The van der Waals surface area contributed by atoms with Crippen molar-refractivity contribution in [1.29, 1.82) is 0 Å². The summed E-state index contributed by atoms with van der Waals surface area (Å²) in [5.41, 5.74) is 8.15. The summed E-state index contributed by atoms with van der Waals surface area (Å²) in [5.74, 6) is 0.689. The molecule has 2 heteroatoms. The fourth-order valence-electron chi connectivity index (χ4n) is 1.88. The average Bonchev–Trinajstić information content (AvgIpc) is 2.43. The lowest BCUT2D eigenvalue weighted by Gasteiger charge is -2.23. The Morgan fingerprint density at radius 2 is 1.87 bits per heavy atom. The van der Waals surface area contributed by atoms with E-state index in [1.54, 1.807) is 0 Å². The maximum atomic E-state index is 5.75. The predicted octanol–water partition coefficient (Wildman–Crippen LogP) is 2.97. The third-order valence-electron chi connectivity index (χ3n) is 2.81. The lowest BCUT2D eigenvalue weighted by atomic mass is 9.91. The summed E-state index contributed by atoms with van der Waals surface area (Å²) in [4.78, 5) is 0. The van der Waals surface area contributed by atoms with Gasteiger partial charge in [0, 0.05) is 12.1 Å². The molecule has 2 rings (SSSR count). The third-order valence-corrected chi connectivity index (χ3v) is 2.81. The molecule has 2 N–H and O–H groups in total. The molecule has 78 valence electrons. The minimum absolute atomic E-state index is 0.331. The quantitative estimate of drug-likeness (QED) is 0.709. The molecule has 0 aliphatic carbocycles. The van der Waals surface area contributed by atoms with Gasteiger partial charge in [-0.2, -0.15) is 0 Å². The zero-order valence-electron chi connectivity index (χ0n) is 8.92. The van der Waals surface area contributed by atoms with Gasteiger partial charge in [0.05, 0.1) is 0 Å². The van der Waals surface area contributed by atoms with Gasteiger partial charge in [-0.3, -0.25) is 0 Å². The van der Waals surface area contributed by atoms with Gasteiger partial charge < -0.3 is 10.5 Å². The Labute approximate surface area is 90.1 Å². The van der Waals surface area contributed by atoms with Crippen molar-refractivity contribution in [3.05, 3.63) is 54.3 Å². The molecule has 0 saturated carbocycles. The fraction of sp³-hybridized carbons (Fsp3) is 0.231. The Hall–Kier alpha value is -1.70. The zero-order chi connectivity index (χ0) is 11.1. The number of nitrogen functional groups attached to an aromatic ring is 1. The largest absolute Gasteiger partial charge is 0.483 e. The minimum Gasteiger partial charge on any atom is -0.483 e. The van der Waals surface area contributed by atoms with Crippen molar-refractivity contribution in [1.82, 2.24) is 0 Å². The maximum Gasteiger partial charge on any atom is 0.135 e. The number of hydrogen-bond acceptors (Lipinski definition) is 2. The summed E-state index contributed by atoms with van der Waals surface area (Å²) in [7, 11) is 0. The highest BCUT2D eigenvalue weighted by molar-refractivity contribution is 5.43. The van der Waals surface area contributed by atoms with E-state index in [-0.39, 0.29) is 5.60 Å². The highest BCUT2D eigenvalue weighted by Gasteiger charge is 2.36. The van der Waals surface area contributed by atoms with E-state index in [1.807, 2.05) is 31.2 Å². The second-order valence-corrected chi connectivity index (χ2v) is 4.16. The van der Waals surface area contributed by atoms with Gasteiger partial charge >= 0.3 is 0 Å². The van der Waals surface area contributed by atoms with Gasteiger partial charge in [0.2, 0.25) is 0 Å². The molecule has 0 radical (unpaired) electrons. The Bertz CT molecular complexity index is 401. The molecule has 1 saturated heterocycles. The second kappa shape index (κ2) is 3.16. The fourth-order valence-corrected chi connectivity index (χ4v) is 1.88. The minimum atomic E-state index is -0.331. The van der Waals surface area contributed by atoms with Crippen LogP contribution < -0.4 is 5.73 Å². The summed E-state index contributed by atoms with van der Waals surface area (Å²) in [6, 6.07) is 7.74. The lowest BCUT2D eigenvalue weighted by Crippen LogP contribution is -2.19. The first-order chi connectivity index (χ1) is 7.01. The van der Waals surface area contributed by atoms with Gasteiger partial charge in [-0.05, 0) is 30.2 Å². The number of benzene rings is 1. The summed E-state index contributed by atoms with van der Waals surface area (Å²) in [6.07, 6.45) is 0.787. The van der Waals surface area contributed by atoms with Crippen LogP contribution in [0.4, 0.5) is 5.69 Å². The molecule has 1 heterocycles. The SMILES string of the molecule is C=C1CC(C)(c2ccc(N)cc2)OC1=C. The summed E-state index contributed by atoms with van der Waals surface area (Å²) >= 11 is 0. The average molecular weight is 201 g/mol. The molecule has 15 heavy (non-hydrogen) atoms. The number of anilines is 1. The van der Waals surface area contributed by atoms with Crippen LogP contribution >= 0.6 is 0 Å². The molecule has 1 aliphatic heterocycles. The monoisotopic (exact) mass is 201 g/mol. The molecule has 2 nitrogen and oxygen atoms in total. The van der Waals surface area contributed by atoms with Crippen LogP contribution in [0.5, 0.6) is 0 Å². The van der Waals surface area contributed by atoms with Gasteiger partial charge in [0.25, 0.3) is 0 Å². The van der Waals surface area contributed by atoms with Crippen molar-refractivity contribution in [2.24, 2.45) is 0 Å². The van der Waals surface area contributed by atoms with Crippen LogP contribution in [0.1, 0.15) is 18.9 Å². The van der Waals surface area contributed by atoms with Crippen molar-refractivity contribution in [3.63, 3.8) is 0 Å². The van der Waals surface area contributed by atoms with Crippen LogP contribution in [-0.2, 0) is 10.3 Å². The van der Waals surface area contributed by atoms with Crippen LogP contribution in [0.15, 0.2) is 48.8 Å².